The molecule has 0 spiro atoms. The molecule has 0 radical (unpaired) electrons. The first kappa shape index (κ1) is 17.9. The molecule has 1 aromatic heterocycles. The third kappa shape index (κ3) is 3.88. The maximum Gasteiger partial charge on any atom is 0.312 e. The molecule has 0 aromatic carbocycles. The summed E-state index contributed by atoms with van der Waals surface area (Å²) in [6.45, 7) is 4.25. The largest absolute Gasteiger partial charge is 0.481 e. The molecular weight excluding hydrogens is 320 g/mol. The molecule has 1 saturated heterocycles. The second kappa shape index (κ2) is 7.39. The number of hydrogen-bond donors (Lipinski definition) is 1. The van der Waals surface area contributed by atoms with Crippen molar-refractivity contribution in [3.8, 4) is 0 Å². The molecule has 1 N–H and O–H groups in total. The van der Waals surface area contributed by atoms with E-state index in [1.54, 1.807) is 13.8 Å². The van der Waals surface area contributed by atoms with Crippen LogP contribution in [0.5, 0.6) is 0 Å². The number of morpholine rings is 1. The van der Waals surface area contributed by atoms with E-state index in [1.165, 1.54) is 9.58 Å². The fraction of sp³-hybridized carbons (Fsp3) is 0.643. The average Bonchev–Trinajstić information content (AvgIpc) is 2.79. The van der Waals surface area contributed by atoms with Crippen LogP contribution in [0.15, 0.2) is 0 Å². The Morgan fingerprint density at radius 2 is 2.17 bits per heavy atom. The summed E-state index contributed by atoms with van der Waals surface area (Å²) in [6.07, 6.45) is -0.0770. The Balaban J connectivity index is 2.03. The molecule has 1 unspecified atom stereocenters. The standard InChI is InChI=1S/C14H20N4O6/c1-9-14(18(22)23)10(2)17(15-9)4-3-12(19)16-5-6-24-8-11(16)7-13(20)21/h11H,3-8H2,1-2H3,(H,20,21). The number of carbonyl (C=O) groups excluding carboxylic acids is 1. The molecule has 0 bridgehead atoms. The maximum atomic E-state index is 12.4. The van der Waals surface area contributed by atoms with Gasteiger partial charge in [-0.05, 0) is 13.8 Å². The molecule has 1 fully saturated rings. The van der Waals surface area contributed by atoms with Gasteiger partial charge in [0.05, 0.1) is 37.1 Å². The van der Waals surface area contributed by atoms with Crippen LogP contribution in [0.25, 0.3) is 0 Å². The molecule has 2 heterocycles. The SMILES string of the molecule is Cc1nn(CCC(=O)N2CCOCC2CC(=O)O)c(C)c1[N+](=O)[O-]. The average molecular weight is 340 g/mol. The van der Waals surface area contributed by atoms with Crippen LogP contribution in [0.4, 0.5) is 5.69 Å². The normalized spacial score (nSPS) is 17.8. The lowest BCUT2D eigenvalue weighted by Gasteiger charge is -2.34. The lowest BCUT2D eigenvalue weighted by molar-refractivity contribution is -0.386. The fourth-order valence-corrected chi connectivity index (χ4v) is 2.87. The number of nitro groups is 1. The number of rotatable bonds is 6. The molecule has 132 valence electrons. The monoisotopic (exact) mass is 340 g/mol. The second-order valence-corrected chi connectivity index (χ2v) is 5.66. The second-order valence-electron chi connectivity index (χ2n) is 5.66. The third-order valence-corrected chi connectivity index (χ3v) is 4.02. The molecule has 24 heavy (non-hydrogen) atoms. The fourth-order valence-electron chi connectivity index (χ4n) is 2.87. The van der Waals surface area contributed by atoms with Crippen LogP contribution in [-0.2, 0) is 20.9 Å². The molecule has 0 aliphatic carbocycles. The Labute approximate surface area is 138 Å². The first-order chi connectivity index (χ1) is 11.3. The molecule has 1 amide bonds. The lowest BCUT2D eigenvalue weighted by atomic mass is 10.1. The van der Waals surface area contributed by atoms with E-state index in [1.807, 2.05) is 0 Å². The highest BCUT2D eigenvalue weighted by atomic mass is 16.6. The summed E-state index contributed by atoms with van der Waals surface area (Å²) < 4.78 is 6.68. The van der Waals surface area contributed by atoms with E-state index >= 15 is 0 Å². The molecule has 10 nitrogen and oxygen atoms in total. The summed E-state index contributed by atoms with van der Waals surface area (Å²) in [5.41, 5.74) is 0.659. The quantitative estimate of drug-likeness (QED) is 0.590. The predicted octanol–water partition coefficient (Wildman–Crippen LogP) is 0.500. The van der Waals surface area contributed by atoms with Gasteiger partial charge in [0, 0.05) is 13.0 Å². The van der Waals surface area contributed by atoms with Crippen LogP contribution >= 0.6 is 0 Å². The number of carboxylic acids is 1. The van der Waals surface area contributed by atoms with Gasteiger partial charge in [-0.3, -0.25) is 24.4 Å². The zero-order chi connectivity index (χ0) is 17.9. The molecule has 10 heteroatoms. The lowest BCUT2D eigenvalue weighted by Crippen LogP contribution is -2.49. The van der Waals surface area contributed by atoms with Crippen molar-refractivity contribution in [2.24, 2.45) is 0 Å². The predicted molar refractivity (Wildman–Crippen MR) is 81.5 cm³/mol. The minimum atomic E-state index is -0.988. The van der Waals surface area contributed by atoms with E-state index < -0.39 is 16.9 Å². The molecule has 1 aliphatic rings. The van der Waals surface area contributed by atoms with Gasteiger partial charge >= 0.3 is 11.7 Å². The van der Waals surface area contributed by atoms with E-state index in [-0.39, 0.29) is 37.6 Å². The molecule has 0 saturated carbocycles. The maximum absolute atomic E-state index is 12.4. The highest BCUT2D eigenvalue weighted by molar-refractivity contribution is 5.77. The third-order valence-electron chi connectivity index (χ3n) is 4.02. The molecule has 1 aliphatic heterocycles. The van der Waals surface area contributed by atoms with Gasteiger partial charge in [-0.15, -0.1) is 0 Å². The molecule has 1 atom stereocenters. The number of aromatic nitrogens is 2. The highest BCUT2D eigenvalue weighted by Crippen LogP contribution is 2.22. The Kier molecular flexibility index (Phi) is 5.50. The Morgan fingerprint density at radius 3 is 2.75 bits per heavy atom. The first-order valence-corrected chi connectivity index (χ1v) is 7.58. The Bertz CT molecular complexity index is 656. The smallest absolute Gasteiger partial charge is 0.312 e. The Morgan fingerprint density at radius 1 is 1.46 bits per heavy atom. The van der Waals surface area contributed by atoms with Crippen molar-refractivity contribution in [1.29, 1.82) is 0 Å². The summed E-state index contributed by atoms with van der Waals surface area (Å²) in [6, 6.07) is -0.487. The van der Waals surface area contributed by atoms with Crippen molar-refractivity contribution in [3.63, 3.8) is 0 Å². The zero-order valence-electron chi connectivity index (χ0n) is 13.6. The number of aryl methyl sites for hydroxylation is 2. The summed E-state index contributed by atoms with van der Waals surface area (Å²) in [7, 11) is 0. The van der Waals surface area contributed by atoms with E-state index in [0.717, 1.165) is 0 Å². The van der Waals surface area contributed by atoms with E-state index in [4.69, 9.17) is 9.84 Å². The van der Waals surface area contributed by atoms with Crippen molar-refractivity contribution in [3.05, 3.63) is 21.5 Å². The number of nitrogens with zero attached hydrogens (tertiary/aromatic N) is 4. The molecular formula is C14H20N4O6. The first-order valence-electron chi connectivity index (χ1n) is 7.58. The van der Waals surface area contributed by atoms with E-state index in [9.17, 15) is 19.7 Å². The van der Waals surface area contributed by atoms with Gasteiger partial charge in [0.15, 0.2) is 0 Å². The number of amides is 1. The summed E-state index contributed by atoms with van der Waals surface area (Å²) in [5.74, 6) is -1.20. The molecule has 1 aromatic rings. The van der Waals surface area contributed by atoms with Gasteiger partial charge in [-0.25, -0.2) is 0 Å². The van der Waals surface area contributed by atoms with E-state index in [2.05, 4.69) is 5.10 Å². The van der Waals surface area contributed by atoms with Gasteiger partial charge in [0.2, 0.25) is 5.91 Å². The van der Waals surface area contributed by atoms with Gasteiger partial charge in [0.25, 0.3) is 0 Å². The van der Waals surface area contributed by atoms with Crippen molar-refractivity contribution in [1.82, 2.24) is 14.7 Å². The van der Waals surface area contributed by atoms with Gasteiger partial charge in [-0.1, -0.05) is 0 Å². The minimum absolute atomic E-state index is 0.0439. The van der Waals surface area contributed by atoms with Crippen LogP contribution in [0.2, 0.25) is 0 Å². The van der Waals surface area contributed by atoms with Crippen LogP contribution in [-0.4, -0.2) is 62.4 Å². The van der Waals surface area contributed by atoms with Gasteiger partial charge in [0.1, 0.15) is 11.4 Å². The van der Waals surface area contributed by atoms with Crippen molar-refractivity contribution in [2.75, 3.05) is 19.8 Å². The van der Waals surface area contributed by atoms with E-state index in [0.29, 0.717) is 24.5 Å². The summed E-state index contributed by atoms with van der Waals surface area (Å²) in [5, 5.41) is 24.0. The number of aliphatic carboxylic acids is 1. The van der Waals surface area contributed by atoms with Crippen LogP contribution in [0.1, 0.15) is 24.2 Å². The van der Waals surface area contributed by atoms with Gasteiger partial charge in [-0.2, -0.15) is 5.10 Å². The number of carbonyl (C=O) groups is 2. The Hall–Kier alpha value is -2.49. The zero-order valence-corrected chi connectivity index (χ0v) is 13.6. The summed E-state index contributed by atoms with van der Waals surface area (Å²) >= 11 is 0. The van der Waals surface area contributed by atoms with Crippen LogP contribution in [0, 0.1) is 24.0 Å². The van der Waals surface area contributed by atoms with Crippen molar-refractivity contribution in [2.45, 2.75) is 39.3 Å². The van der Waals surface area contributed by atoms with Crippen LogP contribution in [0.3, 0.4) is 0 Å². The van der Waals surface area contributed by atoms with Crippen LogP contribution < -0.4 is 0 Å². The minimum Gasteiger partial charge on any atom is -0.481 e. The number of ether oxygens (including phenoxy) is 1. The summed E-state index contributed by atoms with van der Waals surface area (Å²) in [4.78, 5) is 35.3. The van der Waals surface area contributed by atoms with Gasteiger partial charge < -0.3 is 14.7 Å². The topological polar surface area (TPSA) is 128 Å². The molecule has 2 rings (SSSR count). The highest BCUT2D eigenvalue weighted by Gasteiger charge is 2.29. The van der Waals surface area contributed by atoms with Crippen molar-refractivity contribution >= 4 is 17.6 Å². The van der Waals surface area contributed by atoms with Crippen molar-refractivity contribution < 1.29 is 24.4 Å². The number of carboxylic acid groups (broad SMARTS) is 1. The number of hydrogen-bond acceptors (Lipinski definition) is 6.